The van der Waals surface area contributed by atoms with Crippen LogP contribution in [0.4, 0.5) is 17.6 Å². The van der Waals surface area contributed by atoms with Crippen molar-refractivity contribution in [1.82, 2.24) is 0 Å². The van der Waals surface area contributed by atoms with E-state index in [1.54, 1.807) is 26.8 Å². The molecule has 156 valence electrons. The summed E-state index contributed by atoms with van der Waals surface area (Å²) in [6.07, 6.45) is -3.83. The lowest BCUT2D eigenvalue weighted by molar-refractivity contribution is -0.253. The van der Waals surface area contributed by atoms with Crippen LogP contribution in [0.1, 0.15) is 58.4 Å². The minimum Gasteiger partial charge on any atom is -0.428 e. The highest BCUT2D eigenvalue weighted by Crippen LogP contribution is 2.28. The number of rotatable bonds is 11. The molecule has 3 nitrogen and oxygen atoms in total. The van der Waals surface area contributed by atoms with Crippen LogP contribution in [0.15, 0.2) is 24.3 Å². The number of halogens is 4. The van der Waals surface area contributed by atoms with Gasteiger partial charge in [0.05, 0.1) is 10.5 Å². The van der Waals surface area contributed by atoms with E-state index < -0.39 is 27.1 Å². The van der Waals surface area contributed by atoms with Crippen molar-refractivity contribution in [3.8, 4) is 5.75 Å². The lowest BCUT2D eigenvalue weighted by Gasteiger charge is -2.18. The Hall–Kier alpha value is -1.31. The summed E-state index contributed by atoms with van der Waals surface area (Å²) in [4.78, 5) is 0. The van der Waals surface area contributed by atoms with Crippen molar-refractivity contribution >= 4 is 9.84 Å². The zero-order chi connectivity index (χ0) is 20.7. The van der Waals surface area contributed by atoms with E-state index in [1.807, 2.05) is 0 Å². The Morgan fingerprint density at radius 2 is 1.59 bits per heavy atom. The third-order valence-electron chi connectivity index (χ3n) is 4.22. The molecule has 8 heteroatoms. The number of sulfone groups is 1. The van der Waals surface area contributed by atoms with Gasteiger partial charge in [-0.3, -0.25) is 0 Å². The highest BCUT2D eigenvalue weighted by molar-refractivity contribution is 7.92. The van der Waals surface area contributed by atoms with Gasteiger partial charge in [0, 0.05) is 0 Å². The first-order valence-corrected chi connectivity index (χ1v) is 10.7. The molecular formula is C19H28F4O3S. The van der Waals surface area contributed by atoms with E-state index in [2.05, 4.69) is 4.74 Å². The number of hydrogen-bond acceptors (Lipinski definition) is 3. The van der Waals surface area contributed by atoms with Gasteiger partial charge < -0.3 is 4.74 Å². The van der Waals surface area contributed by atoms with Crippen molar-refractivity contribution in [2.45, 2.75) is 76.6 Å². The molecule has 0 unspecified atom stereocenters. The molecule has 1 aromatic rings. The van der Waals surface area contributed by atoms with Crippen LogP contribution in [0.5, 0.6) is 5.75 Å². The molecule has 0 aliphatic rings. The summed E-state index contributed by atoms with van der Waals surface area (Å²) in [5.74, 6) is -0.112. The van der Waals surface area contributed by atoms with E-state index in [-0.39, 0.29) is 11.5 Å². The van der Waals surface area contributed by atoms with Crippen LogP contribution in [-0.2, 0) is 16.3 Å². The van der Waals surface area contributed by atoms with E-state index >= 15 is 0 Å². The Balaban J connectivity index is 2.32. The molecule has 0 aliphatic carbocycles. The van der Waals surface area contributed by atoms with Crippen molar-refractivity contribution in [2.75, 3.05) is 5.75 Å². The Morgan fingerprint density at radius 3 is 2.19 bits per heavy atom. The zero-order valence-electron chi connectivity index (χ0n) is 16.0. The quantitative estimate of drug-likeness (QED) is 0.349. The molecule has 0 aromatic heterocycles. The number of ether oxygens (including phenoxy) is 1. The average molecular weight is 412 g/mol. The number of alkyl halides is 4. The summed E-state index contributed by atoms with van der Waals surface area (Å²) in [5, 5.41) is 0. The van der Waals surface area contributed by atoms with E-state index in [0.29, 0.717) is 12.8 Å². The van der Waals surface area contributed by atoms with Gasteiger partial charge in [-0.1, -0.05) is 31.4 Å². The van der Waals surface area contributed by atoms with E-state index in [4.69, 9.17) is 0 Å². The van der Waals surface area contributed by atoms with Gasteiger partial charge >= 0.3 is 12.5 Å². The normalized spacial score (nSPS) is 13.2. The predicted molar refractivity (Wildman–Crippen MR) is 98.3 cm³/mol. The molecule has 27 heavy (non-hydrogen) atoms. The molecule has 0 heterocycles. The first-order valence-electron chi connectivity index (χ1n) is 9.01. The summed E-state index contributed by atoms with van der Waals surface area (Å²) in [7, 11) is -3.09. The molecule has 0 amide bonds. The van der Waals surface area contributed by atoms with Gasteiger partial charge in [-0.2, -0.15) is 17.6 Å². The fourth-order valence-corrected chi connectivity index (χ4v) is 3.62. The van der Waals surface area contributed by atoms with Crippen molar-refractivity contribution in [3.63, 3.8) is 0 Å². The van der Waals surface area contributed by atoms with Crippen molar-refractivity contribution < 1.29 is 30.7 Å². The minimum absolute atomic E-state index is 0.175. The number of unbranched alkanes of at least 4 members (excludes halogenated alkanes) is 4. The van der Waals surface area contributed by atoms with Gasteiger partial charge in [0.2, 0.25) is 0 Å². The van der Waals surface area contributed by atoms with Crippen LogP contribution in [0.3, 0.4) is 0 Å². The minimum atomic E-state index is -4.51. The van der Waals surface area contributed by atoms with Crippen molar-refractivity contribution in [1.29, 1.82) is 0 Å². The largest absolute Gasteiger partial charge is 0.461 e. The van der Waals surface area contributed by atoms with Gasteiger partial charge in [0.25, 0.3) is 0 Å². The van der Waals surface area contributed by atoms with Crippen LogP contribution in [0.25, 0.3) is 0 Å². The lowest BCUT2D eigenvalue weighted by atomic mass is 10.1. The molecule has 0 saturated heterocycles. The van der Waals surface area contributed by atoms with Crippen LogP contribution in [0.2, 0.25) is 0 Å². The monoisotopic (exact) mass is 412 g/mol. The lowest BCUT2D eigenvalue weighted by Crippen LogP contribution is -2.33. The van der Waals surface area contributed by atoms with Gasteiger partial charge in [0.15, 0.2) is 9.84 Å². The second-order valence-corrected chi connectivity index (χ2v) is 10.4. The fraction of sp³-hybridized carbons (Fsp3) is 0.684. The first-order chi connectivity index (χ1) is 12.3. The Morgan fingerprint density at radius 1 is 1.00 bits per heavy atom. The fourth-order valence-electron chi connectivity index (χ4n) is 2.42. The maximum absolute atomic E-state index is 12.9. The Bertz CT molecular complexity index is 682. The number of aryl methyl sites for hydroxylation is 1. The topological polar surface area (TPSA) is 43.4 Å². The SMILES string of the molecule is CC(C)(C)S(=O)(=O)CCCCCCCc1cccc(OC(F)(F)C(F)F)c1. The molecule has 0 radical (unpaired) electrons. The highest BCUT2D eigenvalue weighted by atomic mass is 32.2. The van der Waals surface area contributed by atoms with E-state index in [9.17, 15) is 26.0 Å². The van der Waals surface area contributed by atoms with Crippen LogP contribution in [-0.4, -0.2) is 31.5 Å². The third kappa shape index (κ3) is 8.07. The molecule has 0 atom stereocenters. The summed E-state index contributed by atoms with van der Waals surface area (Å²) in [5.41, 5.74) is 0.730. The van der Waals surface area contributed by atoms with E-state index in [0.717, 1.165) is 31.2 Å². The molecule has 0 N–H and O–H groups in total. The summed E-state index contributed by atoms with van der Waals surface area (Å²) in [6.45, 7) is 5.08. The molecule has 1 aromatic carbocycles. The first kappa shape index (κ1) is 23.7. The van der Waals surface area contributed by atoms with Crippen LogP contribution < -0.4 is 4.74 Å². The van der Waals surface area contributed by atoms with Gasteiger partial charge in [-0.25, -0.2) is 8.42 Å². The highest BCUT2D eigenvalue weighted by Gasteiger charge is 2.43. The van der Waals surface area contributed by atoms with Gasteiger partial charge in [-0.05, 0) is 57.7 Å². The van der Waals surface area contributed by atoms with Crippen LogP contribution >= 0.6 is 0 Å². The van der Waals surface area contributed by atoms with Crippen LogP contribution in [0, 0.1) is 0 Å². The molecule has 0 fully saturated rings. The molecule has 0 bridgehead atoms. The molecule has 0 saturated carbocycles. The molecule has 0 aliphatic heterocycles. The zero-order valence-corrected chi connectivity index (χ0v) is 16.8. The van der Waals surface area contributed by atoms with Crippen molar-refractivity contribution in [2.24, 2.45) is 0 Å². The molecule has 1 rings (SSSR count). The summed E-state index contributed by atoms with van der Waals surface area (Å²) in [6, 6.07) is 5.77. The van der Waals surface area contributed by atoms with E-state index in [1.165, 1.54) is 18.2 Å². The number of benzene rings is 1. The van der Waals surface area contributed by atoms with Crippen molar-refractivity contribution in [3.05, 3.63) is 29.8 Å². The van der Waals surface area contributed by atoms with Gasteiger partial charge in [0.1, 0.15) is 5.75 Å². The Kier molecular flexibility index (Phi) is 8.57. The third-order valence-corrected chi connectivity index (χ3v) is 6.91. The standard InChI is InChI=1S/C19H28F4O3S/c1-18(2,3)27(24,25)13-8-6-4-5-7-10-15-11-9-12-16(14-15)26-19(22,23)17(20)21/h9,11-12,14,17H,4-8,10,13H2,1-3H3. The average Bonchev–Trinajstić information content (AvgIpc) is 2.52. The Labute approximate surface area is 159 Å². The summed E-state index contributed by atoms with van der Waals surface area (Å²) < 4.78 is 77.5. The maximum atomic E-state index is 12.9. The second kappa shape index (κ2) is 9.75. The second-order valence-electron chi connectivity index (χ2n) is 7.56. The predicted octanol–water partition coefficient (Wildman–Crippen LogP) is 5.63. The molecule has 0 spiro atoms. The summed E-state index contributed by atoms with van der Waals surface area (Å²) >= 11 is 0. The number of hydrogen-bond donors (Lipinski definition) is 0. The molecular weight excluding hydrogens is 384 g/mol. The smallest absolute Gasteiger partial charge is 0.428 e. The maximum Gasteiger partial charge on any atom is 0.461 e. The van der Waals surface area contributed by atoms with Gasteiger partial charge in [-0.15, -0.1) is 0 Å².